The number of carbonyl (C=O) groups is 1. The fourth-order valence-electron chi connectivity index (χ4n) is 3.15. The van der Waals surface area contributed by atoms with Crippen LogP contribution < -0.4 is 0 Å². The van der Waals surface area contributed by atoms with Gasteiger partial charge < -0.3 is 9.30 Å². The van der Waals surface area contributed by atoms with Crippen molar-refractivity contribution in [3.8, 4) is 0 Å². The second kappa shape index (κ2) is 6.07. The molecule has 0 spiro atoms. The quantitative estimate of drug-likeness (QED) is 0.504. The van der Waals surface area contributed by atoms with Crippen molar-refractivity contribution >= 4 is 36.6 Å². The molecule has 4 rings (SSSR count). The number of pyridine rings is 1. The van der Waals surface area contributed by atoms with E-state index in [0.717, 1.165) is 5.56 Å². The van der Waals surface area contributed by atoms with Crippen molar-refractivity contribution in [2.75, 3.05) is 6.61 Å². The summed E-state index contributed by atoms with van der Waals surface area (Å²) in [6.45, 7) is 0.450. The van der Waals surface area contributed by atoms with Crippen molar-refractivity contribution in [3.05, 3.63) is 59.3 Å². The molecule has 9 heteroatoms. The van der Waals surface area contributed by atoms with E-state index in [9.17, 15) is 17.6 Å². The molecular weight excluding hydrogens is 383 g/mol. The summed E-state index contributed by atoms with van der Waals surface area (Å²) >= 11 is 0. The highest BCUT2D eigenvalue weighted by atomic mass is 35.7. The van der Waals surface area contributed by atoms with Crippen LogP contribution in [0, 0.1) is 5.82 Å². The number of benzene rings is 1. The standard InChI is InChI=1S/C17H12ClFN2O4S/c18-26(23,24)14-9-21(8-10-1-3-11(19)4-2-10)13-7-20-16-12(15(13)14)5-6-25-17(16)22/h1-4,7,9H,5-6,8H2. The number of esters is 1. The third kappa shape index (κ3) is 2.85. The number of hydrogen-bond acceptors (Lipinski definition) is 5. The van der Waals surface area contributed by atoms with E-state index >= 15 is 0 Å². The molecule has 3 heterocycles. The van der Waals surface area contributed by atoms with Crippen molar-refractivity contribution in [2.45, 2.75) is 17.9 Å². The van der Waals surface area contributed by atoms with Crippen LogP contribution in [0.25, 0.3) is 10.9 Å². The van der Waals surface area contributed by atoms with Crippen LogP contribution in [0.1, 0.15) is 21.6 Å². The second-order valence-electron chi connectivity index (χ2n) is 5.92. The van der Waals surface area contributed by atoms with E-state index in [-0.39, 0.29) is 23.0 Å². The average molecular weight is 395 g/mol. The number of cyclic esters (lactones) is 1. The number of hydrogen-bond donors (Lipinski definition) is 0. The van der Waals surface area contributed by atoms with Crippen molar-refractivity contribution < 1.29 is 22.3 Å². The summed E-state index contributed by atoms with van der Waals surface area (Å²) in [5.74, 6) is -0.943. The van der Waals surface area contributed by atoms with E-state index in [1.807, 2.05) is 0 Å². The highest BCUT2D eigenvalue weighted by Gasteiger charge is 2.28. The number of carbonyl (C=O) groups excluding carboxylic acids is 1. The van der Waals surface area contributed by atoms with E-state index in [0.29, 0.717) is 29.4 Å². The Bertz CT molecular complexity index is 1140. The molecule has 2 aromatic heterocycles. The van der Waals surface area contributed by atoms with E-state index in [2.05, 4.69) is 4.98 Å². The third-order valence-corrected chi connectivity index (χ3v) is 5.63. The maximum Gasteiger partial charge on any atom is 0.357 e. The van der Waals surface area contributed by atoms with Crippen LogP contribution in [0.5, 0.6) is 0 Å². The number of ether oxygens (including phenoxy) is 1. The Balaban J connectivity index is 1.95. The SMILES string of the molecule is O=C1OCCc2c1ncc1c2c(S(=O)(=O)Cl)cn1Cc1ccc(F)cc1. The molecule has 1 aliphatic heterocycles. The molecule has 0 bridgehead atoms. The molecular formula is C17H12ClFN2O4S. The lowest BCUT2D eigenvalue weighted by Crippen LogP contribution is -2.19. The van der Waals surface area contributed by atoms with E-state index in [1.165, 1.54) is 24.5 Å². The summed E-state index contributed by atoms with van der Waals surface area (Å²) < 4.78 is 43.9. The highest BCUT2D eigenvalue weighted by Crippen LogP contribution is 2.34. The zero-order valence-electron chi connectivity index (χ0n) is 13.3. The van der Waals surface area contributed by atoms with Gasteiger partial charge in [0.15, 0.2) is 5.69 Å². The molecule has 0 radical (unpaired) electrons. The zero-order valence-corrected chi connectivity index (χ0v) is 14.8. The number of halogens is 2. The van der Waals surface area contributed by atoms with Crippen LogP contribution in [-0.4, -0.2) is 30.5 Å². The summed E-state index contributed by atoms with van der Waals surface area (Å²) in [7, 11) is 1.58. The van der Waals surface area contributed by atoms with Crippen LogP contribution in [0.2, 0.25) is 0 Å². The van der Waals surface area contributed by atoms with Gasteiger partial charge in [0.2, 0.25) is 0 Å². The predicted octanol–water partition coefficient (Wildman–Crippen LogP) is 2.86. The van der Waals surface area contributed by atoms with Gasteiger partial charge in [0, 0.05) is 35.2 Å². The Morgan fingerprint density at radius 1 is 1.27 bits per heavy atom. The Morgan fingerprint density at radius 3 is 2.69 bits per heavy atom. The molecule has 6 nitrogen and oxygen atoms in total. The number of rotatable bonds is 3. The second-order valence-corrected chi connectivity index (χ2v) is 8.45. The minimum absolute atomic E-state index is 0.0790. The minimum Gasteiger partial charge on any atom is -0.461 e. The normalized spacial score (nSPS) is 14.3. The van der Waals surface area contributed by atoms with Gasteiger partial charge >= 0.3 is 5.97 Å². The summed E-state index contributed by atoms with van der Waals surface area (Å²) in [6, 6.07) is 5.88. The lowest BCUT2D eigenvalue weighted by atomic mass is 10.0. The topological polar surface area (TPSA) is 78.3 Å². The summed E-state index contributed by atoms with van der Waals surface area (Å²) in [5.41, 5.74) is 1.92. The van der Waals surface area contributed by atoms with E-state index in [1.54, 1.807) is 16.7 Å². The van der Waals surface area contributed by atoms with E-state index < -0.39 is 15.0 Å². The molecule has 0 aliphatic carbocycles. The molecule has 0 atom stereocenters. The third-order valence-electron chi connectivity index (χ3n) is 4.30. The van der Waals surface area contributed by atoms with Gasteiger partial charge in [-0.2, -0.15) is 0 Å². The first-order valence-electron chi connectivity index (χ1n) is 7.71. The molecule has 1 aliphatic rings. The van der Waals surface area contributed by atoms with Gasteiger partial charge in [-0.05, 0) is 23.3 Å². The molecule has 0 amide bonds. The summed E-state index contributed by atoms with van der Waals surface area (Å²) in [4.78, 5) is 16.0. The summed E-state index contributed by atoms with van der Waals surface area (Å²) in [5, 5.41) is 0.378. The van der Waals surface area contributed by atoms with Crippen LogP contribution >= 0.6 is 10.7 Å². The Morgan fingerprint density at radius 2 is 2.00 bits per heavy atom. The van der Waals surface area contributed by atoms with Crippen LogP contribution in [0.3, 0.4) is 0 Å². The monoisotopic (exact) mass is 394 g/mol. The first-order valence-corrected chi connectivity index (χ1v) is 10.0. The maximum absolute atomic E-state index is 13.1. The minimum atomic E-state index is -4.05. The lowest BCUT2D eigenvalue weighted by molar-refractivity contribution is 0.0473. The Hall–Kier alpha value is -2.45. The molecule has 0 saturated heterocycles. The molecule has 0 fully saturated rings. The first-order chi connectivity index (χ1) is 12.3. The van der Waals surface area contributed by atoms with Gasteiger partial charge in [-0.25, -0.2) is 22.6 Å². The van der Waals surface area contributed by atoms with Crippen molar-refractivity contribution in [1.29, 1.82) is 0 Å². The molecule has 0 N–H and O–H groups in total. The van der Waals surface area contributed by atoms with Crippen LogP contribution in [-0.2, 0) is 26.8 Å². The van der Waals surface area contributed by atoms with Crippen LogP contribution in [0.4, 0.5) is 4.39 Å². The number of aromatic nitrogens is 2. The fourth-order valence-corrected chi connectivity index (χ4v) is 4.22. The van der Waals surface area contributed by atoms with Gasteiger partial charge in [-0.1, -0.05) is 12.1 Å². The average Bonchev–Trinajstić information content (AvgIpc) is 2.97. The van der Waals surface area contributed by atoms with Crippen LogP contribution in [0.15, 0.2) is 41.6 Å². The molecule has 3 aromatic rings. The van der Waals surface area contributed by atoms with Crippen molar-refractivity contribution in [2.24, 2.45) is 0 Å². The molecule has 0 saturated carbocycles. The Kier molecular flexibility index (Phi) is 3.96. The number of fused-ring (bicyclic) bond motifs is 3. The van der Waals surface area contributed by atoms with Gasteiger partial charge in [0.25, 0.3) is 9.05 Å². The fraction of sp³-hybridized carbons (Fsp3) is 0.176. The van der Waals surface area contributed by atoms with Crippen molar-refractivity contribution in [3.63, 3.8) is 0 Å². The maximum atomic E-state index is 13.1. The molecule has 134 valence electrons. The zero-order chi connectivity index (χ0) is 18.5. The molecule has 0 unspecified atom stereocenters. The smallest absolute Gasteiger partial charge is 0.357 e. The highest BCUT2D eigenvalue weighted by molar-refractivity contribution is 8.14. The van der Waals surface area contributed by atoms with Gasteiger partial charge in [-0.15, -0.1) is 0 Å². The number of nitrogens with zero attached hydrogens (tertiary/aromatic N) is 2. The Labute approximate surface area is 152 Å². The van der Waals surface area contributed by atoms with Gasteiger partial charge in [0.05, 0.1) is 18.3 Å². The summed E-state index contributed by atoms with van der Waals surface area (Å²) in [6.07, 6.45) is 3.19. The molecule has 26 heavy (non-hydrogen) atoms. The first kappa shape index (κ1) is 17.0. The lowest BCUT2D eigenvalue weighted by Gasteiger charge is -2.16. The van der Waals surface area contributed by atoms with Gasteiger partial charge in [-0.3, -0.25) is 0 Å². The van der Waals surface area contributed by atoms with Gasteiger partial charge in [0.1, 0.15) is 10.7 Å². The van der Waals surface area contributed by atoms with E-state index in [4.69, 9.17) is 15.4 Å². The van der Waals surface area contributed by atoms with Crippen molar-refractivity contribution in [1.82, 2.24) is 9.55 Å². The molecule has 1 aromatic carbocycles. The predicted molar refractivity (Wildman–Crippen MR) is 92.3 cm³/mol. The largest absolute Gasteiger partial charge is 0.461 e.